The minimum atomic E-state index is -0.555. The number of hydrogen-bond acceptors (Lipinski definition) is 4. The predicted molar refractivity (Wildman–Crippen MR) is 104 cm³/mol. The van der Waals surface area contributed by atoms with Gasteiger partial charge in [0.25, 0.3) is 5.91 Å². The van der Waals surface area contributed by atoms with E-state index in [0.29, 0.717) is 48.1 Å². The van der Waals surface area contributed by atoms with Crippen LogP contribution in [0.1, 0.15) is 42.5 Å². The van der Waals surface area contributed by atoms with E-state index in [9.17, 15) is 19.2 Å². The fourth-order valence-corrected chi connectivity index (χ4v) is 4.09. The summed E-state index contributed by atoms with van der Waals surface area (Å²) >= 11 is 11.9. The van der Waals surface area contributed by atoms with Crippen molar-refractivity contribution in [2.45, 2.75) is 38.1 Å². The number of hydrogen-bond donors (Lipinski definition) is 1. The Morgan fingerprint density at radius 1 is 1.07 bits per heavy atom. The Morgan fingerprint density at radius 2 is 1.71 bits per heavy atom. The number of likely N-dealkylation sites (tertiary alicyclic amines) is 2. The molecule has 0 saturated carbocycles. The fraction of sp³-hybridized carbons (Fsp3) is 0.474. The molecule has 1 aromatic carbocycles. The molecule has 1 N–H and O–H groups in total. The molecule has 2 saturated heterocycles. The zero-order valence-corrected chi connectivity index (χ0v) is 16.8. The van der Waals surface area contributed by atoms with E-state index >= 15 is 0 Å². The normalized spacial score (nSPS) is 19.4. The first-order chi connectivity index (χ1) is 13.4. The minimum Gasteiger partial charge on any atom is -0.354 e. The molecule has 2 heterocycles. The first-order valence-corrected chi connectivity index (χ1v) is 10.0. The maximum Gasteiger partial charge on any atom is 0.254 e. The van der Waals surface area contributed by atoms with E-state index in [1.807, 2.05) is 0 Å². The highest BCUT2D eigenvalue weighted by atomic mass is 35.5. The van der Waals surface area contributed by atoms with Crippen molar-refractivity contribution < 1.29 is 19.2 Å². The minimum absolute atomic E-state index is 0.163. The van der Waals surface area contributed by atoms with Crippen LogP contribution >= 0.6 is 23.2 Å². The van der Waals surface area contributed by atoms with Gasteiger partial charge in [-0.1, -0.05) is 23.2 Å². The molecule has 2 aliphatic heterocycles. The molecular weight excluding hydrogens is 405 g/mol. The lowest BCUT2D eigenvalue weighted by Gasteiger charge is -2.24. The number of nitrogens with one attached hydrogen (secondary N) is 1. The lowest BCUT2D eigenvalue weighted by atomic mass is 10.1. The summed E-state index contributed by atoms with van der Waals surface area (Å²) in [6, 6.07) is 4.06. The van der Waals surface area contributed by atoms with Crippen molar-refractivity contribution >= 4 is 46.8 Å². The van der Waals surface area contributed by atoms with Gasteiger partial charge in [0.1, 0.15) is 6.04 Å². The highest BCUT2D eigenvalue weighted by molar-refractivity contribution is 6.35. The van der Waals surface area contributed by atoms with Crippen molar-refractivity contribution in [1.29, 1.82) is 0 Å². The molecule has 2 fully saturated rings. The summed E-state index contributed by atoms with van der Waals surface area (Å²) in [6.45, 7) is 1.11. The summed E-state index contributed by atoms with van der Waals surface area (Å²) in [5, 5.41) is 3.53. The van der Waals surface area contributed by atoms with Crippen LogP contribution in [0.4, 0.5) is 0 Å². The third kappa shape index (κ3) is 4.64. The van der Waals surface area contributed by atoms with E-state index in [4.69, 9.17) is 23.2 Å². The smallest absolute Gasteiger partial charge is 0.254 e. The van der Waals surface area contributed by atoms with Crippen LogP contribution in [0, 0.1) is 0 Å². The van der Waals surface area contributed by atoms with Crippen molar-refractivity contribution in [3.63, 3.8) is 0 Å². The Labute approximate surface area is 172 Å². The summed E-state index contributed by atoms with van der Waals surface area (Å²) < 4.78 is 0. The number of carbonyl (C=O) groups is 4. The largest absolute Gasteiger partial charge is 0.354 e. The first-order valence-electron chi connectivity index (χ1n) is 9.25. The van der Waals surface area contributed by atoms with E-state index < -0.39 is 6.04 Å². The van der Waals surface area contributed by atoms with Gasteiger partial charge in [0, 0.05) is 48.1 Å². The Balaban J connectivity index is 1.53. The first kappa shape index (κ1) is 20.6. The maximum absolute atomic E-state index is 12.8. The summed E-state index contributed by atoms with van der Waals surface area (Å²) in [7, 11) is 0. The van der Waals surface area contributed by atoms with Gasteiger partial charge in [-0.25, -0.2) is 0 Å². The SMILES string of the molecule is O=C(NCCCN1C(=O)CCC1=O)C1CCCN1C(=O)c1cc(Cl)cc(Cl)c1. The monoisotopic (exact) mass is 425 g/mol. The van der Waals surface area contributed by atoms with Crippen LogP contribution in [-0.4, -0.2) is 59.1 Å². The number of rotatable bonds is 6. The van der Waals surface area contributed by atoms with Crippen LogP contribution < -0.4 is 5.32 Å². The van der Waals surface area contributed by atoms with Gasteiger partial charge in [-0.2, -0.15) is 0 Å². The van der Waals surface area contributed by atoms with Crippen molar-refractivity contribution in [2.24, 2.45) is 0 Å². The molecule has 0 aromatic heterocycles. The van der Waals surface area contributed by atoms with E-state index in [1.165, 1.54) is 21.9 Å². The van der Waals surface area contributed by atoms with Crippen LogP contribution in [-0.2, 0) is 14.4 Å². The molecule has 9 heteroatoms. The molecule has 150 valence electrons. The van der Waals surface area contributed by atoms with Crippen LogP contribution in [0.25, 0.3) is 0 Å². The van der Waals surface area contributed by atoms with E-state index in [1.54, 1.807) is 6.07 Å². The molecule has 7 nitrogen and oxygen atoms in total. The van der Waals surface area contributed by atoms with Gasteiger partial charge in [-0.3, -0.25) is 24.1 Å². The van der Waals surface area contributed by atoms with E-state index in [-0.39, 0.29) is 36.5 Å². The van der Waals surface area contributed by atoms with Crippen molar-refractivity contribution in [3.05, 3.63) is 33.8 Å². The second-order valence-corrected chi connectivity index (χ2v) is 7.77. The van der Waals surface area contributed by atoms with E-state index in [2.05, 4.69) is 5.32 Å². The molecule has 28 heavy (non-hydrogen) atoms. The number of imide groups is 1. The van der Waals surface area contributed by atoms with Gasteiger partial charge in [0.15, 0.2) is 0 Å². The Morgan fingerprint density at radius 3 is 2.36 bits per heavy atom. The second kappa shape index (κ2) is 8.92. The van der Waals surface area contributed by atoms with Gasteiger partial charge in [0.2, 0.25) is 17.7 Å². The molecule has 0 spiro atoms. The Kier molecular flexibility index (Phi) is 6.57. The van der Waals surface area contributed by atoms with Gasteiger partial charge in [-0.05, 0) is 37.5 Å². The van der Waals surface area contributed by atoms with Crippen LogP contribution in [0.5, 0.6) is 0 Å². The van der Waals surface area contributed by atoms with Crippen LogP contribution in [0.15, 0.2) is 18.2 Å². The number of benzene rings is 1. The summed E-state index contributed by atoms with van der Waals surface area (Å²) in [6.07, 6.45) is 2.31. The summed E-state index contributed by atoms with van der Waals surface area (Å²) in [5.74, 6) is -0.846. The summed E-state index contributed by atoms with van der Waals surface area (Å²) in [4.78, 5) is 51.3. The molecule has 1 aromatic rings. The average molecular weight is 426 g/mol. The Hall–Kier alpha value is -2.12. The molecule has 3 rings (SSSR count). The number of nitrogens with zero attached hydrogens (tertiary/aromatic N) is 2. The zero-order valence-electron chi connectivity index (χ0n) is 15.2. The number of carbonyl (C=O) groups excluding carboxylic acids is 4. The van der Waals surface area contributed by atoms with Gasteiger partial charge in [0.05, 0.1) is 0 Å². The average Bonchev–Trinajstić information content (AvgIpc) is 3.25. The molecule has 0 aliphatic carbocycles. The van der Waals surface area contributed by atoms with Crippen molar-refractivity contribution in [3.8, 4) is 0 Å². The fourth-order valence-electron chi connectivity index (χ4n) is 3.56. The van der Waals surface area contributed by atoms with Crippen LogP contribution in [0.2, 0.25) is 10.0 Å². The van der Waals surface area contributed by atoms with Gasteiger partial charge >= 0.3 is 0 Å². The zero-order chi connectivity index (χ0) is 20.3. The highest BCUT2D eigenvalue weighted by Gasteiger charge is 2.34. The molecule has 1 atom stereocenters. The lowest BCUT2D eigenvalue weighted by Crippen LogP contribution is -2.46. The molecule has 0 bridgehead atoms. The quantitative estimate of drug-likeness (QED) is 0.559. The molecule has 2 aliphatic rings. The summed E-state index contributed by atoms with van der Waals surface area (Å²) in [5.41, 5.74) is 0.350. The van der Waals surface area contributed by atoms with Crippen molar-refractivity contribution in [1.82, 2.24) is 15.1 Å². The highest BCUT2D eigenvalue weighted by Crippen LogP contribution is 2.24. The van der Waals surface area contributed by atoms with E-state index in [0.717, 1.165) is 6.42 Å². The topological polar surface area (TPSA) is 86.8 Å². The van der Waals surface area contributed by atoms with Crippen LogP contribution in [0.3, 0.4) is 0 Å². The molecule has 0 radical (unpaired) electrons. The Bertz CT molecular complexity index is 778. The van der Waals surface area contributed by atoms with Crippen molar-refractivity contribution in [2.75, 3.05) is 19.6 Å². The second-order valence-electron chi connectivity index (χ2n) is 6.90. The van der Waals surface area contributed by atoms with Gasteiger partial charge in [-0.15, -0.1) is 0 Å². The number of halogens is 2. The maximum atomic E-state index is 12.8. The molecule has 1 unspecified atom stereocenters. The third-order valence-corrected chi connectivity index (χ3v) is 5.37. The predicted octanol–water partition coefficient (Wildman–Crippen LogP) is 2.25. The standard InChI is InChI=1S/C19H21Cl2N3O4/c20-13-9-12(10-14(21)11-13)19(28)23-7-1-3-15(23)18(27)22-6-2-8-24-16(25)4-5-17(24)26/h9-11,15H,1-8H2,(H,22,27). The lowest BCUT2D eigenvalue weighted by molar-refractivity contribution is -0.138. The van der Waals surface area contributed by atoms with Gasteiger partial charge < -0.3 is 10.2 Å². The molecular formula is C19H21Cl2N3O4. The number of amides is 4. The molecule has 4 amide bonds. The third-order valence-electron chi connectivity index (χ3n) is 4.94.